The number of amides is 1. The van der Waals surface area contributed by atoms with Gasteiger partial charge in [-0.25, -0.2) is 4.79 Å². The summed E-state index contributed by atoms with van der Waals surface area (Å²) in [5.41, 5.74) is 0. The largest absolute Gasteiger partial charge is 0.477 e. The Morgan fingerprint density at radius 2 is 1.06 bits per heavy atom. The van der Waals surface area contributed by atoms with Gasteiger partial charge in [-0.1, -0.05) is 188 Å². The first-order valence-corrected chi connectivity index (χ1v) is 30.8. The predicted octanol–water partition coefficient (Wildman–Crippen LogP) is 3.49. The van der Waals surface area contributed by atoms with E-state index in [9.17, 15) is 76.0 Å². The molecule has 3 aliphatic rings. The standard InChI is InChI=1S/C58H109NO21/c1-4-6-8-10-12-14-16-18-19-20-22-24-26-28-30-32-45(66)59-39(46(67)40(63)31-29-27-25-23-21-17-15-13-11-9-7-5-2)37-75-55-50(71)49(70)53(44(36-62)77-55)78-56-51(72)54(48(69)43(35-61)76-56)80-58(57(73)74)33-41(64)38(3)52(79-58)47(68)42(65)34-60/h38-44,46-56,60-65,67-72H,4-37H2,1-3H3,(H,59,66)(H,73,74)/t38-,39+,40-,41?,42-,43?,44+,46+,47-,48+,49?,50?,51?,52-,53-,54+,55-,56+,58+/m1/s1. The predicted molar refractivity (Wildman–Crippen MR) is 295 cm³/mol. The maximum Gasteiger partial charge on any atom is 0.364 e. The smallest absolute Gasteiger partial charge is 0.364 e. The summed E-state index contributed by atoms with van der Waals surface area (Å²) < 4.78 is 34.6. The molecule has 3 saturated heterocycles. The summed E-state index contributed by atoms with van der Waals surface area (Å²) in [6, 6.07) is -1.20. The molecule has 0 bridgehead atoms. The van der Waals surface area contributed by atoms with Crippen LogP contribution >= 0.6 is 0 Å². The fourth-order valence-electron chi connectivity index (χ4n) is 11.1. The van der Waals surface area contributed by atoms with Crippen LogP contribution in [0.5, 0.6) is 0 Å². The first-order chi connectivity index (χ1) is 38.4. The molecule has 3 rings (SSSR count). The summed E-state index contributed by atoms with van der Waals surface area (Å²) in [5.74, 6) is -6.23. The molecular formula is C58H109NO21. The van der Waals surface area contributed by atoms with E-state index in [4.69, 9.17) is 28.4 Å². The second kappa shape index (κ2) is 40.5. The number of carboxylic acids is 1. The number of unbranched alkanes of at least 4 members (excludes halogenated alkanes) is 25. The maximum absolute atomic E-state index is 13.4. The van der Waals surface area contributed by atoms with Crippen LogP contribution in [0.25, 0.3) is 0 Å². The van der Waals surface area contributed by atoms with E-state index in [2.05, 4.69) is 19.2 Å². The van der Waals surface area contributed by atoms with Gasteiger partial charge in [-0.15, -0.1) is 0 Å². The van der Waals surface area contributed by atoms with E-state index in [1.54, 1.807) is 0 Å². The van der Waals surface area contributed by atoms with Gasteiger partial charge in [0.05, 0.1) is 50.8 Å². The molecule has 22 heteroatoms. The minimum Gasteiger partial charge on any atom is -0.477 e. The molecule has 0 spiro atoms. The highest BCUT2D eigenvalue weighted by Crippen LogP contribution is 2.40. The van der Waals surface area contributed by atoms with E-state index >= 15 is 0 Å². The van der Waals surface area contributed by atoms with E-state index in [1.807, 2.05) is 0 Å². The average Bonchev–Trinajstić information content (AvgIpc) is 3.54. The summed E-state index contributed by atoms with van der Waals surface area (Å²) in [6.45, 7) is 2.47. The Bertz CT molecular complexity index is 1610. The normalized spacial score (nSPS) is 31.1. The van der Waals surface area contributed by atoms with Crippen LogP contribution < -0.4 is 5.32 Å². The highest BCUT2D eigenvalue weighted by molar-refractivity contribution is 5.76. The van der Waals surface area contributed by atoms with E-state index < -0.39 is 155 Å². The number of aliphatic hydroxyl groups is 12. The van der Waals surface area contributed by atoms with Gasteiger partial charge < -0.3 is 100 Å². The number of hydrogen-bond acceptors (Lipinski definition) is 20. The third-order valence-corrected chi connectivity index (χ3v) is 16.4. The first kappa shape index (κ1) is 72.5. The van der Waals surface area contributed by atoms with Gasteiger partial charge in [0.2, 0.25) is 5.91 Å². The summed E-state index contributed by atoms with van der Waals surface area (Å²) >= 11 is 0. The number of hydrogen-bond donors (Lipinski definition) is 14. The molecule has 0 aromatic heterocycles. The van der Waals surface area contributed by atoms with Crippen molar-refractivity contribution in [2.75, 3.05) is 26.4 Å². The fraction of sp³-hybridized carbons (Fsp3) is 0.966. The minimum atomic E-state index is -2.93. The van der Waals surface area contributed by atoms with Crippen molar-refractivity contribution in [3.63, 3.8) is 0 Å². The number of ether oxygens (including phenoxy) is 6. The molecular weight excluding hydrogens is 1050 g/mol. The maximum atomic E-state index is 13.4. The van der Waals surface area contributed by atoms with Crippen LogP contribution in [0.15, 0.2) is 0 Å². The van der Waals surface area contributed by atoms with Gasteiger partial charge in [0.15, 0.2) is 12.6 Å². The highest BCUT2D eigenvalue weighted by atomic mass is 16.8. The monoisotopic (exact) mass is 1160 g/mol. The Balaban J connectivity index is 1.64. The number of rotatable bonds is 45. The number of nitrogens with one attached hydrogen (secondary N) is 1. The van der Waals surface area contributed by atoms with Gasteiger partial charge in [-0.3, -0.25) is 4.79 Å². The topological polar surface area (TPSA) is 365 Å². The van der Waals surface area contributed by atoms with Crippen LogP contribution in [0.4, 0.5) is 0 Å². The minimum absolute atomic E-state index is 0.155. The quantitative estimate of drug-likeness (QED) is 0.0388. The molecule has 3 aliphatic heterocycles. The van der Waals surface area contributed by atoms with Crippen LogP contribution in [0.2, 0.25) is 0 Å². The summed E-state index contributed by atoms with van der Waals surface area (Å²) in [5, 5.41) is 143. The SMILES string of the molecule is CCCCCCCCCCCCCCCCCC(=O)N[C@@H](CO[C@@H]1O[C@@H](CO)[C@@H](O[C@@H]2OC(CO)[C@H](O)[C@H](O[C@]3(C(=O)O)CC(O)[C@@H](C)[C@H]([C@H](O)[C@H](O)CO)O3)C2O)C(O)C1O)[C@H](O)[C@H](O)CCCCCCCCCCCCCC. The molecule has 80 heavy (non-hydrogen) atoms. The van der Waals surface area contributed by atoms with Gasteiger partial charge >= 0.3 is 5.97 Å². The Kier molecular flexibility index (Phi) is 36.7. The molecule has 14 N–H and O–H groups in total. The Morgan fingerprint density at radius 3 is 1.54 bits per heavy atom. The lowest BCUT2D eigenvalue weighted by atomic mass is 9.84. The zero-order valence-corrected chi connectivity index (χ0v) is 48.5. The molecule has 0 aromatic rings. The van der Waals surface area contributed by atoms with E-state index in [0.717, 1.165) is 51.4 Å². The molecule has 0 aliphatic carbocycles. The molecule has 472 valence electrons. The number of carboxylic acid groups (broad SMARTS) is 1. The average molecular weight is 1160 g/mol. The first-order valence-electron chi connectivity index (χ1n) is 30.8. The molecule has 1 amide bonds. The van der Waals surface area contributed by atoms with E-state index in [0.29, 0.717) is 12.8 Å². The molecule has 19 atom stereocenters. The van der Waals surface area contributed by atoms with Crippen molar-refractivity contribution in [1.29, 1.82) is 0 Å². The molecule has 0 aromatic carbocycles. The lowest BCUT2D eigenvalue weighted by Crippen LogP contribution is -2.68. The van der Waals surface area contributed by atoms with E-state index in [-0.39, 0.29) is 18.7 Å². The van der Waals surface area contributed by atoms with Crippen LogP contribution in [0.3, 0.4) is 0 Å². The second-order valence-electron chi connectivity index (χ2n) is 23.1. The molecule has 0 saturated carbocycles. The lowest BCUT2D eigenvalue weighted by molar-refractivity contribution is -0.388. The molecule has 0 radical (unpaired) electrons. The van der Waals surface area contributed by atoms with Crippen molar-refractivity contribution >= 4 is 11.9 Å². The number of aliphatic carboxylic acids is 1. The number of aliphatic hydroxyl groups excluding tert-OH is 12. The zero-order chi connectivity index (χ0) is 59.0. The Hall–Kier alpha value is -1.78. The van der Waals surface area contributed by atoms with Crippen molar-refractivity contribution in [3.05, 3.63) is 0 Å². The third-order valence-electron chi connectivity index (χ3n) is 16.4. The van der Waals surface area contributed by atoms with Gasteiger partial charge in [-0.2, -0.15) is 0 Å². The molecule has 3 heterocycles. The number of carbonyl (C=O) groups excluding carboxylic acids is 1. The molecule has 5 unspecified atom stereocenters. The van der Waals surface area contributed by atoms with Crippen molar-refractivity contribution in [2.24, 2.45) is 5.92 Å². The lowest BCUT2D eigenvalue weighted by Gasteiger charge is -2.50. The molecule has 3 fully saturated rings. The Labute approximate surface area is 475 Å². The Morgan fingerprint density at radius 1 is 0.588 bits per heavy atom. The van der Waals surface area contributed by atoms with Crippen molar-refractivity contribution < 1.29 is 104 Å². The van der Waals surface area contributed by atoms with Crippen LogP contribution in [0.1, 0.15) is 213 Å². The van der Waals surface area contributed by atoms with Crippen LogP contribution in [-0.2, 0) is 38.0 Å². The van der Waals surface area contributed by atoms with Gasteiger partial charge in [0.1, 0.15) is 67.1 Å². The van der Waals surface area contributed by atoms with Crippen LogP contribution in [0, 0.1) is 5.92 Å². The number of carbonyl (C=O) groups is 2. The van der Waals surface area contributed by atoms with Crippen molar-refractivity contribution in [1.82, 2.24) is 5.32 Å². The summed E-state index contributed by atoms with van der Waals surface area (Å²) in [7, 11) is 0. The summed E-state index contributed by atoms with van der Waals surface area (Å²) in [4.78, 5) is 26.2. The second-order valence-corrected chi connectivity index (χ2v) is 23.1. The van der Waals surface area contributed by atoms with E-state index in [1.165, 1.54) is 116 Å². The molecule has 22 nitrogen and oxygen atoms in total. The highest BCUT2D eigenvalue weighted by Gasteiger charge is 2.59. The third kappa shape index (κ3) is 24.3. The van der Waals surface area contributed by atoms with Gasteiger partial charge in [0.25, 0.3) is 5.79 Å². The fourth-order valence-corrected chi connectivity index (χ4v) is 11.1. The van der Waals surface area contributed by atoms with Crippen LogP contribution in [-0.4, -0.2) is 215 Å². The van der Waals surface area contributed by atoms with Gasteiger partial charge in [-0.05, 0) is 12.8 Å². The van der Waals surface area contributed by atoms with Crippen molar-refractivity contribution in [2.45, 2.75) is 323 Å². The van der Waals surface area contributed by atoms with Crippen molar-refractivity contribution in [3.8, 4) is 0 Å². The zero-order valence-electron chi connectivity index (χ0n) is 48.5. The van der Waals surface area contributed by atoms with Gasteiger partial charge in [0, 0.05) is 18.8 Å². The summed E-state index contributed by atoms with van der Waals surface area (Å²) in [6.07, 6.45) is 1.71.